The van der Waals surface area contributed by atoms with Crippen LogP contribution in [0.25, 0.3) is 0 Å². The van der Waals surface area contributed by atoms with Gasteiger partial charge in [0.1, 0.15) is 0 Å². The van der Waals surface area contributed by atoms with Crippen molar-refractivity contribution >= 4 is 5.97 Å². The predicted molar refractivity (Wildman–Crippen MR) is 67.0 cm³/mol. The van der Waals surface area contributed by atoms with E-state index < -0.39 is 24.2 Å². The molecule has 6 heteroatoms. The molecular formula is C14H11F2NO3. The molecule has 0 unspecified atom stereocenters. The van der Waals surface area contributed by atoms with Gasteiger partial charge in [0.15, 0.2) is 18.1 Å². The van der Waals surface area contributed by atoms with Crippen molar-refractivity contribution in [3.63, 3.8) is 0 Å². The summed E-state index contributed by atoms with van der Waals surface area (Å²) in [5.74, 6) is -4.73. The highest BCUT2D eigenvalue weighted by atomic mass is 19.3. The third-order valence-electron chi connectivity index (χ3n) is 2.58. The minimum atomic E-state index is -3.22. The normalized spacial score (nSPS) is 11.1. The molecule has 0 aliphatic rings. The molecule has 2 rings (SSSR count). The molecule has 0 amide bonds. The van der Waals surface area contributed by atoms with Crippen molar-refractivity contribution < 1.29 is 23.4 Å². The van der Waals surface area contributed by atoms with Crippen LogP contribution in [0.4, 0.5) is 8.78 Å². The van der Waals surface area contributed by atoms with Gasteiger partial charge in [-0.1, -0.05) is 30.3 Å². The van der Waals surface area contributed by atoms with Gasteiger partial charge in [0, 0.05) is 11.8 Å². The number of aromatic nitrogens is 1. The van der Waals surface area contributed by atoms with Gasteiger partial charge in [0.25, 0.3) is 0 Å². The minimum absolute atomic E-state index is 0.185. The van der Waals surface area contributed by atoms with E-state index in [4.69, 9.17) is 9.84 Å². The van der Waals surface area contributed by atoms with E-state index in [0.717, 1.165) is 0 Å². The molecule has 0 atom stereocenters. The van der Waals surface area contributed by atoms with Crippen molar-refractivity contribution in [2.75, 3.05) is 6.61 Å². The monoisotopic (exact) mass is 279 g/mol. The van der Waals surface area contributed by atoms with Crippen LogP contribution >= 0.6 is 0 Å². The number of benzene rings is 1. The van der Waals surface area contributed by atoms with Gasteiger partial charge in [-0.3, -0.25) is 0 Å². The molecule has 0 saturated carbocycles. The van der Waals surface area contributed by atoms with Gasteiger partial charge >= 0.3 is 11.9 Å². The predicted octanol–water partition coefficient (Wildman–Crippen LogP) is 2.95. The third-order valence-corrected chi connectivity index (χ3v) is 2.58. The molecule has 1 heterocycles. The molecule has 0 aliphatic heterocycles. The number of alkyl halides is 2. The zero-order valence-electron chi connectivity index (χ0n) is 10.3. The summed E-state index contributed by atoms with van der Waals surface area (Å²) in [6.45, 7) is -0.955. The fraction of sp³-hybridized carbons (Fsp3) is 0.143. The minimum Gasteiger partial charge on any atom is -0.484 e. The SMILES string of the molecule is O=C(O)c1ncccc1OCC(F)(F)c1ccccc1. The summed E-state index contributed by atoms with van der Waals surface area (Å²) in [4.78, 5) is 14.5. The van der Waals surface area contributed by atoms with Gasteiger partial charge in [-0.2, -0.15) is 8.78 Å². The number of carboxylic acid groups (broad SMARTS) is 1. The van der Waals surface area contributed by atoms with Crippen LogP contribution in [0.2, 0.25) is 0 Å². The summed E-state index contributed by atoms with van der Waals surface area (Å²) < 4.78 is 32.7. The number of hydrogen-bond acceptors (Lipinski definition) is 3. The number of ether oxygens (including phenoxy) is 1. The van der Waals surface area contributed by atoms with Crippen LogP contribution in [0.15, 0.2) is 48.7 Å². The Morgan fingerprint density at radius 1 is 1.20 bits per heavy atom. The molecule has 1 N–H and O–H groups in total. The summed E-state index contributed by atoms with van der Waals surface area (Å²) in [6, 6.07) is 9.89. The van der Waals surface area contributed by atoms with Crippen molar-refractivity contribution in [1.82, 2.24) is 4.98 Å². The maximum atomic E-state index is 13.9. The first-order chi connectivity index (χ1) is 9.50. The molecule has 1 aromatic heterocycles. The van der Waals surface area contributed by atoms with E-state index in [2.05, 4.69) is 4.98 Å². The van der Waals surface area contributed by atoms with Gasteiger partial charge < -0.3 is 9.84 Å². The molecule has 0 fully saturated rings. The topological polar surface area (TPSA) is 59.4 Å². The number of nitrogens with zero attached hydrogens (tertiary/aromatic N) is 1. The average molecular weight is 279 g/mol. The van der Waals surface area contributed by atoms with Gasteiger partial charge in [0.05, 0.1) is 0 Å². The van der Waals surface area contributed by atoms with E-state index in [0.29, 0.717) is 0 Å². The molecule has 4 nitrogen and oxygen atoms in total. The van der Waals surface area contributed by atoms with Crippen LogP contribution in [-0.2, 0) is 5.92 Å². The molecule has 0 spiro atoms. The van der Waals surface area contributed by atoms with Crippen LogP contribution in [0.1, 0.15) is 16.1 Å². The maximum Gasteiger partial charge on any atom is 0.358 e. The van der Waals surface area contributed by atoms with E-state index in [1.165, 1.54) is 42.6 Å². The zero-order chi connectivity index (χ0) is 14.6. The van der Waals surface area contributed by atoms with E-state index in [9.17, 15) is 13.6 Å². The first-order valence-electron chi connectivity index (χ1n) is 5.75. The van der Waals surface area contributed by atoms with Gasteiger partial charge in [-0.05, 0) is 12.1 Å². The number of hydrogen-bond donors (Lipinski definition) is 1. The average Bonchev–Trinajstić information content (AvgIpc) is 2.46. The second-order valence-electron chi connectivity index (χ2n) is 4.01. The van der Waals surface area contributed by atoms with Crippen LogP contribution in [0, 0.1) is 0 Å². The second-order valence-corrected chi connectivity index (χ2v) is 4.01. The van der Waals surface area contributed by atoms with E-state index in [1.54, 1.807) is 6.07 Å². The summed E-state index contributed by atoms with van der Waals surface area (Å²) >= 11 is 0. The lowest BCUT2D eigenvalue weighted by atomic mass is 10.1. The van der Waals surface area contributed by atoms with Gasteiger partial charge in [-0.25, -0.2) is 9.78 Å². The number of pyridine rings is 1. The standard InChI is InChI=1S/C14H11F2NO3/c15-14(16,10-5-2-1-3-6-10)9-20-11-7-4-8-17-12(11)13(18)19/h1-8H,9H2,(H,18,19). The molecule has 20 heavy (non-hydrogen) atoms. The fourth-order valence-electron chi connectivity index (χ4n) is 1.60. The Balaban J connectivity index is 2.15. The number of rotatable bonds is 5. The molecule has 2 aromatic rings. The van der Waals surface area contributed by atoms with Gasteiger partial charge in [0.2, 0.25) is 0 Å². The second kappa shape index (κ2) is 5.64. The smallest absolute Gasteiger partial charge is 0.358 e. The highest BCUT2D eigenvalue weighted by Gasteiger charge is 2.33. The lowest BCUT2D eigenvalue weighted by Gasteiger charge is -2.17. The molecule has 1 aromatic carbocycles. The van der Waals surface area contributed by atoms with E-state index in [-0.39, 0.29) is 11.3 Å². The first-order valence-corrected chi connectivity index (χ1v) is 5.75. The van der Waals surface area contributed by atoms with Crippen molar-refractivity contribution in [1.29, 1.82) is 0 Å². The lowest BCUT2D eigenvalue weighted by molar-refractivity contribution is -0.0470. The molecule has 0 radical (unpaired) electrons. The van der Waals surface area contributed by atoms with Crippen LogP contribution in [0.3, 0.4) is 0 Å². The molecule has 0 bridgehead atoms. The highest BCUT2D eigenvalue weighted by molar-refractivity contribution is 5.88. The van der Waals surface area contributed by atoms with E-state index in [1.807, 2.05) is 0 Å². The summed E-state index contributed by atoms with van der Waals surface area (Å²) in [5, 5.41) is 8.88. The highest BCUT2D eigenvalue weighted by Crippen LogP contribution is 2.29. The molecular weight excluding hydrogens is 268 g/mol. The van der Waals surface area contributed by atoms with Crippen LogP contribution in [0.5, 0.6) is 5.75 Å². The summed E-state index contributed by atoms with van der Waals surface area (Å²) in [5.41, 5.74) is -0.586. The molecule has 0 aliphatic carbocycles. The van der Waals surface area contributed by atoms with Crippen molar-refractivity contribution in [2.45, 2.75) is 5.92 Å². The maximum absolute atomic E-state index is 13.9. The van der Waals surface area contributed by atoms with Crippen molar-refractivity contribution in [2.24, 2.45) is 0 Å². The number of carbonyl (C=O) groups is 1. The lowest BCUT2D eigenvalue weighted by Crippen LogP contribution is -2.23. The van der Waals surface area contributed by atoms with E-state index >= 15 is 0 Å². The quantitative estimate of drug-likeness (QED) is 0.914. The third kappa shape index (κ3) is 3.09. The summed E-state index contributed by atoms with van der Waals surface area (Å²) in [6.07, 6.45) is 1.26. The largest absolute Gasteiger partial charge is 0.484 e. The molecule has 104 valence electrons. The Hall–Kier alpha value is -2.50. The Kier molecular flexibility index (Phi) is 3.93. The number of halogens is 2. The number of aromatic carboxylic acids is 1. The van der Waals surface area contributed by atoms with Crippen LogP contribution in [-0.4, -0.2) is 22.7 Å². The zero-order valence-corrected chi connectivity index (χ0v) is 10.3. The summed E-state index contributed by atoms with van der Waals surface area (Å²) in [7, 11) is 0. The van der Waals surface area contributed by atoms with Gasteiger partial charge in [-0.15, -0.1) is 0 Å². The Bertz CT molecular complexity index is 602. The Morgan fingerprint density at radius 2 is 1.90 bits per heavy atom. The van der Waals surface area contributed by atoms with Crippen LogP contribution < -0.4 is 4.74 Å². The first kappa shape index (κ1) is 13.9. The Morgan fingerprint density at radius 3 is 2.55 bits per heavy atom. The van der Waals surface area contributed by atoms with Crippen molar-refractivity contribution in [3.8, 4) is 5.75 Å². The Labute approximate surface area is 113 Å². The fourth-order valence-corrected chi connectivity index (χ4v) is 1.60. The number of carboxylic acids is 1. The van der Waals surface area contributed by atoms with Crippen molar-refractivity contribution in [3.05, 3.63) is 59.9 Å². The molecule has 0 saturated heterocycles.